The molecule has 0 N–H and O–H groups in total. The van der Waals surface area contributed by atoms with Gasteiger partial charge in [0.2, 0.25) is 0 Å². The minimum atomic E-state index is 0.196. The lowest BCUT2D eigenvalue weighted by Gasteiger charge is -2.49. The summed E-state index contributed by atoms with van der Waals surface area (Å²) in [5.74, 6) is 1.72. The Morgan fingerprint density at radius 1 is 1.00 bits per heavy atom. The standard InChI is InChI=1S/C8H11Br3/c9-7-5-1-3-6(4-2-5)8(7,10)11/h5-7H,1-4H2. The van der Waals surface area contributed by atoms with E-state index in [1.165, 1.54) is 25.7 Å². The van der Waals surface area contributed by atoms with Crippen molar-refractivity contribution in [3.63, 3.8) is 0 Å². The SMILES string of the molecule is BrC1C2CCC(CC2)C1(Br)Br. The van der Waals surface area contributed by atoms with E-state index >= 15 is 0 Å². The van der Waals surface area contributed by atoms with Crippen LogP contribution in [0.15, 0.2) is 0 Å². The zero-order chi connectivity index (χ0) is 8.06. The first kappa shape index (κ1) is 9.01. The van der Waals surface area contributed by atoms with Gasteiger partial charge in [-0.2, -0.15) is 0 Å². The first-order chi connectivity index (χ1) is 5.12. The summed E-state index contributed by atoms with van der Waals surface area (Å²) in [5, 5.41) is 0. The number of alkyl halides is 3. The van der Waals surface area contributed by atoms with Gasteiger partial charge in [0, 0.05) is 4.83 Å². The maximum atomic E-state index is 3.78. The largest absolute Gasteiger partial charge is 0.0960 e. The van der Waals surface area contributed by atoms with E-state index in [1.54, 1.807) is 0 Å². The molecule has 3 aliphatic carbocycles. The van der Waals surface area contributed by atoms with Gasteiger partial charge in [0.25, 0.3) is 0 Å². The molecule has 0 aliphatic heterocycles. The summed E-state index contributed by atoms with van der Waals surface area (Å²) in [6.07, 6.45) is 5.62. The first-order valence-electron chi connectivity index (χ1n) is 4.14. The van der Waals surface area contributed by atoms with Gasteiger partial charge in [0.05, 0.1) is 3.23 Å². The van der Waals surface area contributed by atoms with E-state index in [2.05, 4.69) is 47.8 Å². The number of hydrogen-bond donors (Lipinski definition) is 0. The average Bonchev–Trinajstić information content (AvgIpc) is 2.01. The van der Waals surface area contributed by atoms with Crippen molar-refractivity contribution in [3.05, 3.63) is 0 Å². The van der Waals surface area contributed by atoms with E-state index in [-0.39, 0.29) is 3.23 Å². The lowest BCUT2D eigenvalue weighted by molar-refractivity contribution is 0.187. The maximum Gasteiger partial charge on any atom is 0.0960 e. The van der Waals surface area contributed by atoms with Crippen LogP contribution < -0.4 is 0 Å². The quantitative estimate of drug-likeness (QED) is 0.580. The zero-order valence-electron chi connectivity index (χ0n) is 6.19. The minimum absolute atomic E-state index is 0.196. The highest BCUT2D eigenvalue weighted by Crippen LogP contribution is 2.57. The molecule has 3 aliphatic rings. The molecule has 0 aromatic rings. The topological polar surface area (TPSA) is 0 Å². The van der Waals surface area contributed by atoms with Crippen LogP contribution in [0.1, 0.15) is 25.7 Å². The van der Waals surface area contributed by atoms with Crippen LogP contribution in [-0.2, 0) is 0 Å². The molecule has 64 valence electrons. The van der Waals surface area contributed by atoms with Crippen LogP contribution in [0, 0.1) is 11.8 Å². The highest BCUT2D eigenvalue weighted by atomic mass is 79.9. The number of fused-ring (bicyclic) bond motifs is 3. The monoisotopic (exact) mass is 344 g/mol. The van der Waals surface area contributed by atoms with E-state index in [0.717, 1.165) is 11.8 Å². The average molecular weight is 347 g/mol. The summed E-state index contributed by atoms with van der Waals surface area (Å²) in [5.41, 5.74) is 0. The second-order valence-electron chi connectivity index (χ2n) is 3.69. The van der Waals surface area contributed by atoms with Crippen LogP contribution in [-0.4, -0.2) is 8.06 Å². The molecular weight excluding hydrogens is 336 g/mol. The number of halogens is 3. The van der Waals surface area contributed by atoms with E-state index in [4.69, 9.17) is 0 Å². The Morgan fingerprint density at radius 2 is 1.55 bits per heavy atom. The molecule has 0 heterocycles. The summed E-state index contributed by atoms with van der Waals surface area (Å²) in [6, 6.07) is 0. The maximum absolute atomic E-state index is 3.78. The molecule has 0 spiro atoms. The van der Waals surface area contributed by atoms with Gasteiger partial charge in [-0.05, 0) is 37.5 Å². The van der Waals surface area contributed by atoms with Gasteiger partial charge in [-0.25, -0.2) is 0 Å². The fourth-order valence-electron chi connectivity index (χ4n) is 2.34. The summed E-state index contributed by atoms with van der Waals surface area (Å²) in [7, 11) is 0. The third-order valence-corrected chi connectivity index (χ3v) is 8.08. The van der Waals surface area contributed by atoms with Crippen LogP contribution in [0.5, 0.6) is 0 Å². The highest BCUT2D eigenvalue weighted by Gasteiger charge is 2.50. The van der Waals surface area contributed by atoms with Crippen molar-refractivity contribution in [2.45, 2.75) is 33.7 Å². The Morgan fingerprint density at radius 3 is 1.82 bits per heavy atom. The Bertz CT molecular complexity index is 155. The Kier molecular flexibility index (Phi) is 2.45. The van der Waals surface area contributed by atoms with E-state index in [1.807, 2.05) is 0 Å². The van der Waals surface area contributed by atoms with Gasteiger partial charge in [0.15, 0.2) is 0 Å². The predicted molar refractivity (Wildman–Crippen MR) is 58.7 cm³/mol. The summed E-state index contributed by atoms with van der Waals surface area (Å²) < 4.78 is 0.196. The van der Waals surface area contributed by atoms with E-state index in [9.17, 15) is 0 Å². The molecule has 0 aromatic carbocycles. The summed E-state index contributed by atoms with van der Waals surface area (Å²) >= 11 is 11.3. The van der Waals surface area contributed by atoms with Gasteiger partial charge in [0.1, 0.15) is 0 Å². The van der Waals surface area contributed by atoms with E-state index in [0.29, 0.717) is 4.83 Å². The van der Waals surface area contributed by atoms with Gasteiger partial charge in [-0.1, -0.05) is 47.8 Å². The fourth-order valence-corrected chi connectivity index (χ4v) is 4.90. The van der Waals surface area contributed by atoms with Crippen molar-refractivity contribution >= 4 is 47.8 Å². The second-order valence-corrected chi connectivity index (χ2v) is 8.36. The van der Waals surface area contributed by atoms with Crippen molar-refractivity contribution < 1.29 is 0 Å². The molecule has 1 atom stereocenters. The first-order valence-corrected chi connectivity index (χ1v) is 6.64. The lowest BCUT2D eigenvalue weighted by Crippen LogP contribution is -2.47. The van der Waals surface area contributed by atoms with Crippen LogP contribution in [0.4, 0.5) is 0 Å². The predicted octanol–water partition coefficient (Wildman–Crippen LogP) is 4.06. The third-order valence-electron chi connectivity index (χ3n) is 3.10. The van der Waals surface area contributed by atoms with Crippen LogP contribution in [0.3, 0.4) is 0 Å². The van der Waals surface area contributed by atoms with Gasteiger partial charge >= 0.3 is 0 Å². The molecule has 0 radical (unpaired) electrons. The van der Waals surface area contributed by atoms with Crippen LogP contribution in [0.2, 0.25) is 0 Å². The van der Waals surface area contributed by atoms with Gasteiger partial charge < -0.3 is 0 Å². The molecule has 0 nitrogen and oxygen atoms in total. The van der Waals surface area contributed by atoms with Crippen molar-refractivity contribution in [1.29, 1.82) is 0 Å². The van der Waals surface area contributed by atoms with Gasteiger partial charge in [-0.15, -0.1) is 0 Å². The summed E-state index contributed by atoms with van der Waals surface area (Å²) in [4.78, 5) is 0.627. The second kappa shape index (κ2) is 2.98. The van der Waals surface area contributed by atoms with Crippen LogP contribution in [0.25, 0.3) is 0 Å². The normalized spacial score (nSPS) is 47.7. The number of rotatable bonds is 0. The Hall–Kier alpha value is 1.44. The molecule has 11 heavy (non-hydrogen) atoms. The van der Waals surface area contributed by atoms with E-state index < -0.39 is 0 Å². The number of hydrogen-bond acceptors (Lipinski definition) is 0. The molecule has 0 saturated heterocycles. The Labute approximate surface area is 92.9 Å². The van der Waals surface area contributed by atoms with Crippen LogP contribution >= 0.6 is 47.8 Å². The Balaban J connectivity index is 2.23. The van der Waals surface area contributed by atoms with Crippen molar-refractivity contribution in [2.24, 2.45) is 11.8 Å². The molecule has 2 bridgehead atoms. The van der Waals surface area contributed by atoms with Crippen molar-refractivity contribution in [1.82, 2.24) is 0 Å². The zero-order valence-corrected chi connectivity index (χ0v) is 11.0. The minimum Gasteiger partial charge on any atom is -0.0863 e. The molecular formula is C8H11Br3. The van der Waals surface area contributed by atoms with Crippen molar-refractivity contribution in [3.8, 4) is 0 Å². The summed E-state index contributed by atoms with van der Waals surface area (Å²) in [6.45, 7) is 0. The van der Waals surface area contributed by atoms with Crippen molar-refractivity contribution in [2.75, 3.05) is 0 Å². The molecule has 3 heteroatoms. The molecule has 3 fully saturated rings. The molecule has 0 aromatic heterocycles. The smallest absolute Gasteiger partial charge is 0.0863 e. The fraction of sp³-hybridized carbons (Fsp3) is 1.00. The highest BCUT2D eigenvalue weighted by molar-refractivity contribution is 9.26. The molecule has 0 amide bonds. The third kappa shape index (κ3) is 1.35. The molecule has 3 rings (SSSR count). The molecule has 1 unspecified atom stereocenters. The van der Waals surface area contributed by atoms with Gasteiger partial charge in [-0.3, -0.25) is 0 Å². The molecule has 3 saturated carbocycles. The lowest BCUT2D eigenvalue weighted by atomic mass is 9.70.